The molecular weight excluding hydrogens is 467 g/mol. The van der Waals surface area contributed by atoms with Crippen molar-refractivity contribution in [1.82, 2.24) is 5.43 Å². The minimum absolute atomic E-state index is 0.316. The lowest BCUT2D eigenvalue weighted by atomic mass is 10.1. The Morgan fingerprint density at radius 1 is 0.964 bits per heavy atom. The number of nitrogens with one attached hydrogen (secondary N) is 1. The lowest BCUT2D eigenvalue weighted by Gasteiger charge is -2.07. The first-order chi connectivity index (χ1) is 13.5. The Labute approximate surface area is 176 Å². The summed E-state index contributed by atoms with van der Waals surface area (Å²) < 4.78 is 6.45. The van der Waals surface area contributed by atoms with E-state index in [1.165, 1.54) is 6.21 Å². The van der Waals surface area contributed by atoms with E-state index < -0.39 is 5.97 Å². The van der Waals surface area contributed by atoms with Gasteiger partial charge in [0.2, 0.25) is 0 Å². The van der Waals surface area contributed by atoms with Crippen molar-refractivity contribution in [2.75, 3.05) is 0 Å². The molecule has 1 amide bonds. The number of benzene rings is 3. The largest absolute Gasteiger partial charge is 0.422 e. The molecule has 0 atom stereocenters. The molecule has 3 aromatic rings. The second-order valence-electron chi connectivity index (χ2n) is 6.00. The van der Waals surface area contributed by atoms with Gasteiger partial charge in [0, 0.05) is 14.7 Å². The van der Waals surface area contributed by atoms with E-state index >= 15 is 0 Å². The molecule has 3 rings (SSSR count). The third-order valence-electron chi connectivity index (χ3n) is 3.87. The normalized spacial score (nSPS) is 10.6. The summed E-state index contributed by atoms with van der Waals surface area (Å²) in [5.74, 6) is -0.409. The van der Waals surface area contributed by atoms with Crippen molar-refractivity contribution >= 4 is 40.7 Å². The van der Waals surface area contributed by atoms with Gasteiger partial charge in [-0.15, -0.1) is 0 Å². The number of nitrogens with zero attached hydrogens (tertiary/aromatic N) is 1. The molecule has 6 heteroatoms. The van der Waals surface area contributed by atoms with Crippen LogP contribution in [0.3, 0.4) is 0 Å². The van der Waals surface area contributed by atoms with Crippen molar-refractivity contribution < 1.29 is 14.3 Å². The van der Waals surface area contributed by atoms with Crippen molar-refractivity contribution in [3.63, 3.8) is 0 Å². The lowest BCUT2D eigenvalue weighted by Crippen LogP contribution is -2.17. The standard InChI is InChI=1S/C22H17IN2O3/c1-15-9-11-16(12-10-15)22(27)28-20-8-3-2-5-18(20)14-24-25-21(26)17-6-4-7-19(23)13-17/h2-14H,1H3,(H,25,26)/b24-14-. The molecule has 0 aliphatic rings. The smallest absolute Gasteiger partial charge is 0.343 e. The summed E-state index contributed by atoms with van der Waals surface area (Å²) in [4.78, 5) is 24.5. The number of para-hydroxylation sites is 1. The minimum atomic E-state index is -0.455. The molecule has 28 heavy (non-hydrogen) atoms. The van der Waals surface area contributed by atoms with Crippen LogP contribution in [-0.4, -0.2) is 18.1 Å². The number of esters is 1. The summed E-state index contributed by atoms with van der Waals surface area (Å²) >= 11 is 2.14. The number of halogens is 1. The minimum Gasteiger partial charge on any atom is -0.422 e. The molecule has 0 aromatic heterocycles. The van der Waals surface area contributed by atoms with E-state index in [2.05, 4.69) is 33.1 Å². The maximum Gasteiger partial charge on any atom is 0.343 e. The monoisotopic (exact) mass is 484 g/mol. The zero-order valence-corrected chi connectivity index (χ0v) is 17.2. The van der Waals surface area contributed by atoms with Gasteiger partial charge >= 0.3 is 5.97 Å². The number of ether oxygens (including phenoxy) is 1. The van der Waals surface area contributed by atoms with Crippen LogP contribution in [0.1, 0.15) is 31.8 Å². The van der Waals surface area contributed by atoms with E-state index in [4.69, 9.17) is 4.74 Å². The predicted octanol–water partition coefficient (Wildman–Crippen LogP) is 4.58. The van der Waals surface area contributed by atoms with Gasteiger partial charge in [0.1, 0.15) is 5.75 Å². The molecule has 0 bridgehead atoms. The Bertz CT molecular complexity index is 1030. The Morgan fingerprint density at radius 2 is 1.71 bits per heavy atom. The van der Waals surface area contributed by atoms with E-state index in [0.29, 0.717) is 22.4 Å². The zero-order valence-electron chi connectivity index (χ0n) is 15.1. The summed E-state index contributed by atoms with van der Waals surface area (Å²) in [5.41, 5.74) is 5.10. The molecule has 0 fully saturated rings. The second-order valence-corrected chi connectivity index (χ2v) is 7.25. The third-order valence-corrected chi connectivity index (χ3v) is 4.54. The number of amides is 1. The first-order valence-electron chi connectivity index (χ1n) is 8.50. The van der Waals surface area contributed by atoms with Crippen molar-refractivity contribution in [2.24, 2.45) is 5.10 Å². The molecule has 0 aliphatic heterocycles. The van der Waals surface area contributed by atoms with Gasteiger partial charge in [0.25, 0.3) is 5.91 Å². The fourth-order valence-electron chi connectivity index (χ4n) is 2.38. The highest BCUT2D eigenvalue weighted by atomic mass is 127. The molecule has 5 nitrogen and oxygen atoms in total. The number of rotatable bonds is 5. The fourth-order valence-corrected chi connectivity index (χ4v) is 2.93. The van der Waals surface area contributed by atoms with Gasteiger partial charge in [-0.3, -0.25) is 4.79 Å². The highest BCUT2D eigenvalue weighted by Gasteiger charge is 2.11. The van der Waals surface area contributed by atoms with Crippen molar-refractivity contribution in [1.29, 1.82) is 0 Å². The van der Waals surface area contributed by atoms with Gasteiger partial charge in [-0.2, -0.15) is 5.10 Å². The summed E-state index contributed by atoms with van der Waals surface area (Å²) in [6.45, 7) is 1.95. The van der Waals surface area contributed by atoms with E-state index in [-0.39, 0.29) is 5.91 Å². The SMILES string of the molecule is Cc1ccc(C(=O)Oc2ccccc2/C=N\NC(=O)c2cccc(I)c2)cc1. The first kappa shape index (κ1) is 19.8. The van der Waals surface area contributed by atoms with Crippen molar-refractivity contribution in [3.05, 3.63) is 98.6 Å². The number of hydrogen-bond donors (Lipinski definition) is 1. The molecule has 0 radical (unpaired) electrons. The summed E-state index contributed by atoms with van der Waals surface area (Å²) in [6.07, 6.45) is 1.45. The van der Waals surface area contributed by atoms with Crippen molar-refractivity contribution in [2.45, 2.75) is 6.92 Å². The van der Waals surface area contributed by atoms with Crippen LogP contribution in [0.15, 0.2) is 77.9 Å². The van der Waals surface area contributed by atoms with Gasteiger partial charge in [-0.1, -0.05) is 35.9 Å². The number of carbonyl (C=O) groups is 2. The molecule has 0 heterocycles. The molecule has 0 saturated carbocycles. The van der Waals surface area contributed by atoms with Gasteiger partial charge in [-0.25, -0.2) is 10.2 Å². The van der Waals surface area contributed by atoms with E-state index in [0.717, 1.165) is 9.13 Å². The van der Waals surface area contributed by atoms with E-state index in [1.54, 1.807) is 54.6 Å². The highest BCUT2D eigenvalue weighted by molar-refractivity contribution is 14.1. The second kappa shape index (κ2) is 9.27. The topological polar surface area (TPSA) is 67.8 Å². The zero-order chi connectivity index (χ0) is 19.9. The maximum atomic E-state index is 12.3. The average molecular weight is 484 g/mol. The number of hydrazone groups is 1. The molecule has 3 aromatic carbocycles. The Kier molecular flexibility index (Phi) is 6.54. The van der Waals surface area contributed by atoms with Crippen LogP contribution < -0.4 is 10.2 Å². The summed E-state index contributed by atoms with van der Waals surface area (Å²) in [5, 5.41) is 3.98. The van der Waals surface area contributed by atoms with Gasteiger partial charge in [-0.05, 0) is 72.0 Å². The molecule has 0 aliphatic carbocycles. The molecule has 1 N–H and O–H groups in total. The fraction of sp³-hybridized carbons (Fsp3) is 0.0455. The average Bonchev–Trinajstić information content (AvgIpc) is 2.69. The summed E-state index contributed by atoms with van der Waals surface area (Å²) in [7, 11) is 0. The summed E-state index contributed by atoms with van der Waals surface area (Å²) in [6, 6.07) is 21.3. The lowest BCUT2D eigenvalue weighted by molar-refractivity contribution is 0.0734. The highest BCUT2D eigenvalue weighted by Crippen LogP contribution is 2.18. The van der Waals surface area contributed by atoms with Crippen LogP contribution in [-0.2, 0) is 0 Å². The molecule has 140 valence electrons. The van der Waals surface area contributed by atoms with Crippen LogP contribution in [0, 0.1) is 10.5 Å². The van der Waals surface area contributed by atoms with E-state index in [1.807, 2.05) is 25.1 Å². The van der Waals surface area contributed by atoms with Crippen molar-refractivity contribution in [3.8, 4) is 5.75 Å². The van der Waals surface area contributed by atoms with Crippen LogP contribution in [0.5, 0.6) is 5.75 Å². The predicted molar refractivity (Wildman–Crippen MR) is 117 cm³/mol. The van der Waals surface area contributed by atoms with Gasteiger partial charge in [0.15, 0.2) is 0 Å². The van der Waals surface area contributed by atoms with Crippen LogP contribution in [0.4, 0.5) is 0 Å². The van der Waals surface area contributed by atoms with Gasteiger partial charge < -0.3 is 4.74 Å². The molecule has 0 unspecified atom stereocenters. The van der Waals surface area contributed by atoms with Crippen LogP contribution >= 0.6 is 22.6 Å². The van der Waals surface area contributed by atoms with Crippen LogP contribution in [0.2, 0.25) is 0 Å². The number of aryl methyl sites for hydroxylation is 1. The number of carbonyl (C=O) groups excluding carboxylic acids is 2. The first-order valence-corrected chi connectivity index (χ1v) is 9.57. The molecular formula is C22H17IN2O3. The maximum absolute atomic E-state index is 12.3. The molecule has 0 saturated heterocycles. The van der Waals surface area contributed by atoms with Gasteiger partial charge in [0.05, 0.1) is 11.8 Å². The number of hydrogen-bond acceptors (Lipinski definition) is 4. The third kappa shape index (κ3) is 5.26. The van der Waals surface area contributed by atoms with Crippen LogP contribution in [0.25, 0.3) is 0 Å². The Balaban J connectivity index is 1.69. The Hall–Kier alpha value is -3.00. The quantitative estimate of drug-likeness (QED) is 0.190. The Morgan fingerprint density at radius 3 is 2.46 bits per heavy atom. The van der Waals surface area contributed by atoms with E-state index in [9.17, 15) is 9.59 Å². The molecule has 0 spiro atoms.